The van der Waals surface area contributed by atoms with Crippen LogP contribution in [0.5, 0.6) is 5.75 Å². The lowest BCUT2D eigenvalue weighted by molar-refractivity contribution is 0.0401. The molecule has 0 amide bonds. The van der Waals surface area contributed by atoms with Gasteiger partial charge in [0.25, 0.3) is 0 Å². The van der Waals surface area contributed by atoms with E-state index < -0.39 is 5.92 Å². The summed E-state index contributed by atoms with van der Waals surface area (Å²) in [5, 5.41) is 3.80. The molecule has 4 heteroatoms. The zero-order valence-corrected chi connectivity index (χ0v) is 15.7. The molecule has 5 aromatic rings. The minimum atomic E-state index is -3.27. The number of rotatable bonds is 3. The molecule has 0 unspecified atom stereocenters. The summed E-state index contributed by atoms with van der Waals surface area (Å²) < 4.78 is 36.7. The van der Waals surface area contributed by atoms with E-state index in [1.165, 1.54) is 19.2 Å². The molecule has 0 aliphatic heterocycles. The number of halogens is 2. The van der Waals surface area contributed by atoms with Crippen LogP contribution in [0.25, 0.3) is 32.4 Å². The van der Waals surface area contributed by atoms with Crippen LogP contribution in [-0.2, 0) is 5.92 Å². The number of alkyl halides is 2. The van der Waals surface area contributed by atoms with Gasteiger partial charge in [0.05, 0.1) is 12.6 Å². The smallest absolute Gasteiger partial charge is 0.315 e. The van der Waals surface area contributed by atoms with Crippen molar-refractivity contribution in [3.63, 3.8) is 0 Å². The average molecular weight is 385 g/mol. The van der Waals surface area contributed by atoms with Crippen LogP contribution in [-0.4, -0.2) is 12.1 Å². The SMILES string of the molecule is COc1ccc(C(F)(F)c2nc3ccccc3c3ccc4ccccc4c23)cc1. The summed E-state index contributed by atoms with van der Waals surface area (Å²) in [6, 6.07) is 24.8. The molecular weight excluding hydrogens is 368 g/mol. The monoisotopic (exact) mass is 385 g/mol. The minimum absolute atomic E-state index is 0.115. The number of hydrogen-bond donors (Lipinski definition) is 0. The summed E-state index contributed by atoms with van der Waals surface area (Å²) in [5.74, 6) is -2.73. The molecule has 0 atom stereocenters. The van der Waals surface area contributed by atoms with Crippen LogP contribution in [0.1, 0.15) is 11.3 Å². The molecule has 5 rings (SSSR count). The van der Waals surface area contributed by atoms with Crippen LogP contribution in [0.4, 0.5) is 8.78 Å². The predicted octanol–water partition coefficient (Wildman–Crippen LogP) is 6.69. The van der Waals surface area contributed by atoms with Gasteiger partial charge in [0, 0.05) is 16.3 Å². The number of para-hydroxylation sites is 1. The van der Waals surface area contributed by atoms with Crippen molar-refractivity contribution in [2.75, 3.05) is 7.11 Å². The number of fused-ring (bicyclic) bond motifs is 5. The fraction of sp³-hybridized carbons (Fsp3) is 0.0800. The van der Waals surface area contributed by atoms with Gasteiger partial charge in [-0.3, -0.25) is 0 Å². The summed E-state index contributed by atoms with van der Waals surface area (Å²) in [5.41, 5.74) is 0.210. The van der Waals surface area contributed by atoms with Crippen molar-refractivity contribution in [2.24, 2.45) is 0 Å². The highest BCUT2D eigenvalue weighted by atomic mass is 19.3. The maximum absolute atomic E-state index is 15.8. The Morgan fingerprint density at radius 2 is 1.41 bits per heavy atom. The van der Waals surface area contributed by atoms with Crippen molar-refractivity contribution >= 4 is 32.4 Å². The molecule has 0 aliphatic rings. The summed E-state index contributed by atoms with van der Waals surface area (Å²) in [4.78, 5) is 4.46. The molecular formula is C25H17F2NO. The minimum Gasteiger partial charge on any atom is -0.497 e. The quantitative estimate of drug-likeness (QED) is 0.323. The molecule has 0 fully saturated rings. The van der Waals surface area contributed by atoms with Gasteiger partial charge < -0.3 is 4.74 Å². The molecule has 0 aliphatic carbocycles. The third-order valence-corrected chi connectivity index (χ3v) is 5.34. The van der Waals surface area contributed by atoms with E-state index in [2.05, 4.69) is 4.98 Å². The van der Waals surface area contributed by atoms with E-state index in [1.807, 2.05) is 54.6 Å². The zero-order chi connectivity index (χ0) is 20.0. The molecule has 0 bridgehead atoms. The molecule has 0 radical (unpaired) electrons. The van der Waals surface area contributed by atoms with Gasteiger partial charge in [0.15, 0.2) is 0 Å². The van der Waals surface area contributed by atoms with Gasteiger partial charge in [0.2, 0.25) is 0 Å². The Bertz CT molecular complexity index is 1360. The van der Waals surface area contributed by atoms with Crippen molar-refractivity contribution in [3.05, 3.63) is 96.2 Å². The van der Waals surface area contributed by atoms with Gasteiger partial charge in [-0.2, -0.15) is 8.78 Å². The number of ether oxygens (including phenoxy) is 1. The summed E-state index contributed by atoms with van der Waals surface area (Å²) in [6.45, 7) is 0. The molecule has 0 N–H and O–H groups in total. The van der Waals surface area contributed by atoms with E-state index in [4.69, 9.17) is 4.74 Å². The molecule has 2 nitrogen and oxygen atoms in total. The first-order chi connectivity index (χ1) is 14.1. The predicted molar refractivity (Wildman–Crippen MR) is 113 cm³/mol. The average Bonchev–Trinajstić information content (AvgIpc) is 2.78. The van der Waals surface area contributed by atoms with E-state index in [1.54, 1.807) is 18.2 Å². The van der Waals surface area contributed by atoms with Gasteiger partial charge in [-0.1, -0.05) is 54.6 Å². The van der Waals surface area contributed by atoms with E-state index in [9.17, 15) is 0 Å². The van der Waals surface area contributed by atoms with Gasteiger partial charge in [-0.15, -0.1) is 0 Å². The molecule has 0 saturated carbocycles. The first-order valence-electron chi connectivity index (χ1n) is 9.32. The van der Waals surface area contributed by atoms with Crippen LogP contribution in [0, 0.1) is 0 Å². The molecule has 0 spiro atoms. The fourth-order valence-electron chi connectivity index (χ4n) is 3.89. The Morgan fingerprint density at radius 1 is 0.724 bits per heavy atom. The Morgan fingerprint density at radius 3 is 2.17 bits per heavy atom. The maximum Gasteiger partial charge on any atom is 0.315 e. The topological polar surface area (TPSA) is 22.1 Å². The second-order valence-corrected chi connectivity index (χ2v) is 6.99. The van der Waals surface area contributed by atoms with Crippen molar-refractivity contribution in [1.29, 1.82) is 0 Å². The standard InChI is InChI=1S/C25H17F2NO/c1-29-18-13-11-17(12-14-18)25(26,27)24-23-19-7-3-2-6-16(19)10-15-21(23)20-8-4-5-9-22(20)28-24/h2-15H,1H3. The van der Waals surface area contributed by atoms with E-state index in [-0.39, 0.29) is 11.3 Å². The Kier molecular flexibility index (Phi) is 3.95. The van der Waals surface area contributed by atoms with Crippen molar-refractivity contribution < 1.29 is 13.5 Å². The normalized spacial score (nSPS) is 12.0. The molecule has 0 saturated heterocycles. The van der Waals surface area contributed by atoms with E-state index >= 15 is 8.78 Å². The lowest BCUT2D eigenvalue weighted by Gasteiger charge is -2.21. The molecule has 1 aromatic heterocycles. The third kappa shape index (κ3) is 2.71. The number of nitrogens with zero attached hydrogens (tertiary/aromatic N) is 1. The summed E-state index contributed by atoms with van der Waals surface area (Å²) in [7, 11) is 1.51. The van der Waals surface area contributed by atoms with Crippen LogP contribution < -0.4 is 4.74 Å². The van der Waals surface area contributed by atoms with Gasteiger partial charge in [-0.25, -0.2) is 4.98 Å². The van der Waals surface area contributed by atoms with Gasteiger partial charge in [0.1, 0.15) is 11.4 Å². The first-order valence-corrected chi connectivity index (χ1v) is 9.32. The Balaban J connectivity index is 1.91. The second-order valence-electron chi connectivity index (χ2n) is 6.99. The van der Waals surface area contributed by atoms with Crippen molar-refractivity contribution in [3.8, 4) is 5.75 Å². The number of hydrogen-bond acceptors (Lipinski definition) is 2. The highest BCUT2D eigenvalue weighted by Crippen LogP contribution is 2.43. The van der Waals surface area contributed by atoms with Crippen LogP contribution in [0.2, 0.25) is 0 Å². The number of aromatic nitrogens is 1. The highest BCUT2D eigenvalue weighted by Gasteiger charge is 2.38. The third-order valence-electron chi connectivity index (χ3n) is 5.34. The highest BCUT2D eigenvalue weighted by molar-refractivity contribution is 6.17. The van der Waals surface area contributed by atoms with Gasteiger partial charge >= 0.3 is 5.92 Å². The Labute approximate surface area is 166 Å². The fourth-order valence-corrected chi connectivity index (χ4v) is 3.89. The van der Waals surface area contributed by atoms with E-state index in [0.29, 0.717) is 16.7 Å². The summed E-state index contributed by atoms with van der Waals surface area (Å²) in [6.07, 6.45) is 0. The Hall–Kier alpha value is -3.53. The van der Waals surface area contributed by atoms with Crippen LogP contribution in [0.15, 0.2) is 84.9 Å². The maximum atomic E-state index is 15.8. The number of pyridine rings is 1. The number of methoxy groups -OCH3 is 1. The number of benzene rings is 4. The first kappa shape index (κ1) is 17.6. The largest absolute Gasteiger partial charge is 0.497 e. The molecule has 142 valence electrons. The van der Waals surface area contributed by atoms with Crippen molar-refractivity contribution in [2.45, 2.75) is 5.92 Å². The van der Waals surface area contributed by atoms with E-state index in [0.717, 1.165) is 21.5 Å². The van der Waals surface area contributed by atoms with Gasteiger partial charge in [-0.05, 0) is 46.5 Å². The van der Waals surface area contributed by atoms with Crippen molar-refractivity contribution in [1.82, 2.24) is 4.98 Å². The summed E-state index contributed by atoms with van der Waals surface area (Å²) >= 11 is 0. The van der Waals surface area contributed by atoms with Crippen LogP contribution in [0.3, 0.4) is 0 Å². The van der Waals surface area contributed by atoms with Crippen LogP contribution >= 0.6 is 0 Å². The lowest BCUT2D eigenvalue weighted by Crippen LogP contribution is -2.18. The lowest BCUT2D eigenvalue weighted by atomic mass is 9.93. The second kappa shape index (κ2) is 6.52. The molecule has 1 heterocycles. The molecule has 29 heavy (non-hydrogen) atoms. The zero-order valence-electron chi connectivity index (χ0n) is 15.7. The molecule has 4 aromatic carbocycles.